The molecule has 0 saturated carbocycles. The van der Waals surface area contributed by atoms with E-state index in [1.807, 2.05) is 49.9 Å². The number of likely N-dealkylation sites (tertiary alicyclic amines) is 1. The van der Waals surface area contributed by atoms with E-state index in [-0.39, 0.29) is 23.8 Å². The lowest BCUT2D eigenvalue weighted by Crippen LogP contribution is -2.39. The second-order valence-corrected chi connectivity index (χ2v) is 6.12. The Kier molecular flexibility index (Phi) is 5.41. The van der Waals surface area contributed by atoms with Gasteiger partial charge < -0.3 is 15.5 Å². The highest BCUT2D eigenvalue weighted by molar-refractivity contribution is 5.92. The molecule has 22 heavy (non-hydrogen) atoms. The third-order valence-electron chi connectivity index (χ3n) is 3.85. The van der Waals surface area contributed by atoms with Gasteiger partial charge in [0.05, 0.1) is 0 Å². The van der Waals surface area contributed by atoms with Crippen LogP contribution in [0.1, 0.15) is 33.6 Å². The van der Waals surface area contributed by atoms with Crippen molar-refractivity contribution in [2.45, 2.75) is 39.7 Å². The van der Waals surface area contributed by atoms with Gasteiger partial charge in [0.1, 0.15) is 6.04 Å². The van der Waals surface area contributed by atoms with Crippen LogP contribution >= 0.6 is 0 Å². The first-order valence-electron chi connectivity index (χ1n) is 7.93. The fraction of sp³-hybridized carbons (Fsp3) is 0.529. The summed E-state index contributed by atoms with van der Waals surface area (Å²) in [7, 11) is 0. The van der Waals surface area contributed by atoms with Gasteiger partial charge in [-0.3, -0.25) is 9.59 Å². The van der Waals surface area contributed by atoms with E-state index in [0.717, 1.165) is 37.3 Å². The molecule has 0 spiro atoms. The number of carbonyl (C=O) groups excluding carboxylic acids is 2. The minimum Gasteiger partial charge on any atom is -0.374 e. The van der Waals surface area contributed by atoms with Crippen molar-refractivity contribution >= 4 is 23.2 Å². The van der Waals surface area contributed by atoms with Crippen molar-refractivity contribution in [2.75, 3.05) is 23.7 Å². The zero-order chi connectivity index (χ0) is 16.1. The van der Waals surface area contributed by atoms with E-state index >= 15 is 0 Å². The monoisotopic (exact) mass is 303 g/mol. The predicted molar refractivity (Wildman–Crippen MR) is 88.8 cm³/mol. The Morgan fingerprint density at radius 1 is 1.00 bits per heavy atom. The van der Waals surface area contributed by atoms with E-state index < -0.39 is 0 Å². The summed E-state index contributed by atoms with van der Waals surface area (Å²) in [6.45, 7) is 7.33. The molecule has 1 atom stereocenters. The van der Waals surface area contributed by atoms with Crippen LogP contribution in [-0.4, -0.2) is 35.8 Å². The van der Waals surface area contributed by atoms with Gasteiger partial charge in [-0.25, -0.2) is 0 Å². The van der Waals surface area contributed by atoms with Crippen LogP contribution in [0.3, 0.4) is 0 Å². The summed E-state index contributed by atoms with van der Waals surface area (Å²) in [5, 5.41) is 6.07. The highest BCUT2D eigenvalue weighted by Crippen LogP contribution is 2.17. The second-order valence-electron chi connectivity index (χ2n) is 6.12. The lowest BCUT2D eigenvalue weighted by Gasteiger charge is -2.22. The minimum absolute atomic E-state index is 0.00158. The first-order valence-corrected chi connectivity index (χ1v) is 7.93. The molecule has 5 nitrogen and oxygen atoms in total. The summed E-state index contributed by atoms with van der Waals surface area (Å²) in [6.07, 6.45) is 2.20. The van der Waals surface area contributed by atoms with E-state index in [1.165, 1.54) is 0 Å². The number of carbonyl (C=O) groups is 2. The van der Waals surface area contributed by atoms with E-state index in [4.69, 9.17) is 0 Å². The molecule has 1 aromatic carbocycles. The van der Waals surface area contributed by atoms with Crippen LogP contribution in [0, 0.1) is 5.92 Å². The van der Waals surface area contributed by atoms with Crippen LogP contribution in [0.4, 0.5) is 11.4 Å². The molecule has 1 aliphatic rings. The van der Waals surface area contributed by atoms with Gasteiger partial charge in [-0.15, -0.1) is 0 Å². The molecule has 1 heterocycles. The van der Waals surface area contributed by atoms with Crippen LogP contribution in [0.25, 0.3) is 0 Å². The molecular formula is C17H25N3O2. The largest absolute Gasteiger partial charge is 0.374 e. The zero-order valence-corrected chi connectivity index (χ0v) is 13.6. The fourth-order valence-corrected chi connectivity index (χ4v) is 2.46. The molecule has 0 aromatic heterocycles. The van der Waals surface area contributed by atoms with E-state index in [1.54, 1.807) is 0 Å². The summed E-state index contributed by atoms with van der Waals surface area (Å²) in [6, 6.07) is 7.20. The molecule has 5 heteroatoms. The third-order valence-corrected chi connectivity index (χ3v) is 3.85. The summed E-state index contributed by atoms with van der Waals surface area (Å²) in [5.41, 5.74) is 1.64. The first kappa shape index (κ1) is 16.3. The van der Waals surface area contributed by atoms with Gasteiger partial charge in [0.25, 0.3) is 0 Å². The molecule has 1 unspecified atom stereocenters. The lowest BCUT2D eigenvalue weighted by molar-refractivity contribution is -0.130. The van der Waals surface area contributed by atoms with Crippen molar-refractivity contribution < 1.29 is 9.59 Å². The van der Waals surface area contributed by atoms with Crippen molar-refractivity contribution in [1.82, 2.24) is 4.90 Å². The molecule has 120 valence electrons. The summed E-state index contributed by atoms with van der Waals surface area (Å²) in [4.78, 5) is 25.8. The highest BCUT2D eigenvalue weighted by Gasteiger charge is 2.22. The van der Waals surface area contributed by atoms with Gasteiger partial charge in [0.15, 0.2) is 0 Å². The van der Waals surface area contributed by atoms with Gasteiger partial charge in [0, 0.05) is 30.4 Å². The van der Waals surface area contributed by atoms with Gasteiger partial charge in [-0.05, 0) is 44.0 Å². The topological polar surface area (TPSA) is 61.4 Å². The number of hydrogen-bond acceptors (Lipinski definition) is 3. The predicted octanol–water partition coefficient (Wildman–Crippen LogP) is 2.70. The molecular weight excluding hydrogens is 278 g/mol. The number of benzene rings is 1. The number of amides is 2. The molecule has 2 N–H and O–H groups in total. The fourth-order valence-electron chi connectivity index (χ4n) is 2.46. The SMILES string of the molecule is CC(C)C(=O)Nc1ccc(NC(C)C(=O)N2CCCC2)cc1. The average Bonchev–Trinajstić information content (AvgIpc) is 3.02. The maximum absolute atomic E-state index is 12.2. The van der Waals surface area contributed by atoms with Gasteiger partial charge >= 0.3 is 0 Å². The molecule has 1 saturated heterocycles. The van der Waals surface area contributed by atoms with Crippen molar-refractivity contribution in [3.8, 4) is 0 Å². The second kappa shape index (κ2) is 7.29. The van der Waals surface area contributed by atoms with Gasteiger partial charge in [0.2, 0.25) is 11.8 Å². The van der Waals surface area contributed by atoms with Crippen LogP contribution < -0.4 is 10.6 Å². The maximum Gasteiger partial charge on any atom is 0.244 e. The molecule has 0 radical (unpaired) electrons. The molecule has 1 aliphatic heterocycles. The molecule has 0 bridgehead atoms. The third kappa shape index (κ3) is 4.23. The zero-order valence-electron chi connectivity index (χ0n) is 13.6. The van der Waals surface area contributed by atoms with Crippen molar-refractivity contribution in [3.63, 3.8) is 0 Å². The van der Waals surface area contributed by atoms with E-state index in [2.05, 4.69) is 10.6 Å². The van der Waals surface area contributed by atoms with Gasteiger partial charge in [-0.1, -0.05) is 13.8 Å². The molecule has 2 amide bonds. The van der Waals surface area contributed by atoms with E-state index in [9.17, 15) is 9.59 Å². The van der Waals surface area contributed by atoms with Crippen molar-refractivity contribution in [3.05, 3.63) is 24.3 Å². The van der Waals surface area contributed by atoms with Crippen molar-refractivity contribution in [2.24, 2.45) is 5.92 Å². The Hall–Kier alpha value is -2.04. The maximum atomic E-state index is 12.2. The highest BCUT2D eigenvalue weighted by atomic mass is 16.2. The quantitative estimate of drug-likeness (QED) is 0.879. The Morgan fingerprint density at radius 2 is 1.55 bits per heavy atom. The molecule has 1 aromatic rings. The number of nitrogens with one attached hydrogen (secondary N) is 2. The molecule has 2 rings (SSSR count). The number of anilines is 2. The summed E-state index contributed by atoms with van der Waals surface area (Å²) >= 11 is 0. The Morgan fingerprint density at radius 3 is 2.09 bits per heavy atom. The van der Waals surface area contributed by atoms with Crippen LogP contribution in [-0.2, 0) is 9.59 Å². The number of nitrogens with zero attached hydrogens (tertiary/aromatic N) is 1. The molecule has 0 aliphatic carbocycles. The minimum atomic E-state index is -0.241. The Labute approximate surface area is 132 Å². The number of rotatable bonds is 5. The first-order chi connectivity index (χ1) is 10.5. The lowest BCUT2D eigenvalue weighted by atomic mass is 10.2. The number of hydrogen-bond donors (Lipinski definition) is 2. The standard InChI is InChI=1S/C17H25N3O2/c1-12(2)16(21)19-15-8-6-14(7-9-15)18-13(3)17(22)20-10-4-5-11-20/h6-9,12-13,18H,4-5,10-11H2,1-3H3,(H,19,21). The smallest absolute Gasteiger partial charge is 0.244 e. The Bertz CT molecular complexity index is 519. The molecule has 1 fully saturated rings. The van der Waals surface area contributed by atoms with Crippen molar-refractivity contribution in [1.29, 1.82) is 0 Å². The van der Waals surface area contributed by atoms with Gasteiger partial charge in [-0.2, -0.15) is 0 Å². The Balaban J connectivity index is 1.90. The normalized spacial score (nSPS) is 15.7. The van der Waals surface area contributed by atoms with E-state index in [0.29, 0.717) is 0 Å². The summed E-state index contributed by atoms with van der Waals surface area (Å²) < 4.78 is 0. The summed E-state index contributed by atoms with van der Waals surface area (Å²) in [5.74, 6) is 0.101. The van der Waals surface area contributed by atoms with Crippen LogP contribution in [0.5, 0.6) is 0 Å². The average molecular weight is 303 g/mol. The van der Waals surface area contributed by atoms with Crippen LogP contribution in [0.15, 0.2) is 24.3 Å². The van der Waals surface area contributed by atoms with Crippen LogP contribution in [0.2, 0.25) is 0 Å².